The van der Waals surface area contributed by atoms with Crippen LogP contribution >= 0.6 is 0 Å². The van der Waals surface area contributed by atoms with E-state index in [2.05, 4.69) is 34.9 Å². The van der Waals surface area contributed by atoms with Gasteiger partial charge in [0, 0.05) is 25.6 Å². The number of hydrogen-bond acceptors (Lipinski definition) is 5. The predicted molar refractivity (Wildman–Crippen MR) is 143 cm³/mol. The summed E-state index contributed by atoms with van der Waals surface area (Å²) in [6.45, 7) is 10.7. The fourth-order valence-electron chi connectivity index (χ4n) is 4.61. The second-order valence-corrected chi connectivity index (χ2v) is 10.1. The number of ether oxygens (including phenoxy) is 2. The van der Waals surface area contributed by atoms with Gasteiger partial charge in [-0.05, 0) is 69.7 Å². The molecule has 0 aromatic heterocycles. The number of carbonyl (C=O) groups excluding carboxylic acids is 3. The number of nitrogens with zero attached hydrogens (tertiary/aromatic N) is 1. The summed E-state index contributed by atoms with van der Waals surface area (Å²) in [5, 5.41) is 5.46. The highest BCUT2D eigenvalue weighted by molar-refractivity contribution is 5.85. The molecule has 0 fully saturated rings. The van der Waals surface area contributed by atoms with Crippen LogP contribution in [0.4, 0.5) is 9.59 Å². The van der Waals surface area contributed by atoms with Gasteiger partial charge in [0.2, 0.25) is 5.91 Å². The van der Waals surface area contributed by atoms with Crippen molar-refractivity contribution in [3.63, 3.8) is 0 Å². The van der Waals surface area contributed by atoms with Crippen LogP contribution < -0.4 is 10.6 Å². The molecule has 0 bridgehead atoms. The molecule has 0 saturated carbocycles. The Morgan fingerprint density at radius 1 is 0.919 bits per heavy atom. The van der Waals surface area contributed by atoms with E-state index in [0.29, 0.717) is 32.5 Å². The summed E-state index contributed by atoms with van der Waals surface area (Å²) in [7, 11) is 0. The van der Waals surface area contributed by atoms with Crippen molar-refractivity contribution >= 4 is 18.1 Å². The Morgan fingerprint density at radius 2 is 1.49 bits per heavy atom. The van der Waals surface area contributed by atoms with Crippen molar-refractivity contribution in [2.75, 3.05) is 26.2 Å². The van der Waals surface area contributed by atoms with E-state index >= 15 is 0 Å². The van der Waals surface area contributed by atoms with Gasteiger partial charge in [0.05, 0.1) is 0 Å². The van der Waals surface area contributed by atoms with Gasteiger partial charge >= 0.3 is 12.2 Å². The third-order valence-electron chi connectivity index (χ3n) is 6.35. The Labute approximate surface area is 219 Å². The molecule has 3 amide bonds. The number of likely N-dealkylation sites (N-methyl/N-ethyl adjacent to an activating group) is 1. The molecule has 0 radical (unpaired) electrons. The Balaban J connectivity index is 1.51. The first-order valence-corrected chi connectivity index (χ1v) is 13.0. The molecule has 8 nitrogen and oxygen atoms in total. The quantitative estimate of drug-likeness (QED) is 0.436. The maximum absolute atomic E-state index is 12.9. The highest BCUT2D eigenvalue weighted by atomic mass is 16.6. The Morgan fingerprint density at radius 3 is 2.03 bits per heavy atom. The lowest BCUT2D eigenvalue weighted by Gasteiger charge is -2.27. The standard InChI is InChI=1S/C29H39N3O5/c1-6-32(7-2)26(33)25(31-28(35)37-29(3,4)5)17-12-18-30-27(34)36-19-24-22-15-10-8-13-20(22)21-14-9-11-16-23(21)24/h8-11,13-16,24-25H,6-7,12,17-19H2,1-5H3,(H,30,34)(H,31,35). The van der Waals surface area contributed by atoms with Gasteiger partial charge < -0.3 is 25.0 Å². The molecule has 0 saturated heterocycles. The summed E-state index contributed by atoms with van der Waals surface area (Å²) < 4.78 is 10.9. The minimum absolute atomic E-state index is 0.00717. The molecule has 1 atom stereocenters. The zero-order valence-electron chi connectivity index (χ0n) is 22.5. The fraction of sp³-hybridized carbons (Fsp3) is 0.483. The highest BCUT2D eigenvalue weighted by Crippen LogP contribution is 2.44. The van der Waals surface area contributed by atoms with Crippen molar-refractivity contribution in [1.29, 1.82) is 0 Å². The Hall–Kier alpha value is -3.55. The molecule has 2 aromatic carbocycles. The van der Waals surface area contributed by atoms with Crippen molar-refractivity contribution in [3.8, 4) is 11.1 Å². The summed E-state index contributed by atoms with van der Waals surface area (Å²) in [4.78, 5) is 39.3. The van der Waals surface area contributed by atoms with Gasteiger partial charge in [0.1, 0.15) is 18.2 Å². The molecule has 2 N–H and O–H groups in total. The van der Waals surface area contributed by atoms with E-state index < -0.39 is 23.8 Å². The summed E-state index contributed by atoms with van der Waals surface area (Å²) in [6.07, 6.45) is -0.299. The average Bonchev–Trinajstić information content (AvgIpc) is 3.18. The van der Waals surface area contributed by atoms with Gasteiger partial charge in [0.15, 0.2) is 0 Å². The smallest absolute Gasteiger partial charge is 0.408 e. The molecule has 37 heavy (non-hydrogen) atoms. The first kappa shape index (κ1) is 28.0. The maximum atomic E-state index is 12.9. The van der Waals surface area contributed by atoms with E-state index in [1.54, 1.807) is 25.7 Å². The summed E-state index contributed by atoms with van der Waals surface area (Å²) in [5.74, 6) is -0.177. The molecular weight excluding hydrogens is 470 g/mol. The third-order valence-corrected chi connectivity index (χ3v) is 6.35. The van der Waals surface area contributed by atoms with E-state index in [1.807, 2.05) is 38.1 Å². The van der Waals surface area contributed by atoms with Crippen LogP contribution in [0.15, 0.2) is 48.5 Å². The number of nitrogens with one attached hydrogen (secondary N) is 2. The normalized spacial score (nSPS) is 13.2. The predicted octanol–water partition coefficient (Wildman–Crippen LogP) is 5.07. The molecule has 1 aliphatic carbocycles. The van der Waals surface area contributed by atoms with Crippen LogP contribution in [-0.2, 0) is 14.3 Å². The number of fused-ring (bicyclic) bond motifs is 3. The van der Waals surface area contributed by atoms with E-state index in [9.17, 15) is 14.4 Å². The summed E-state index contributed by atoms with van der Waals surface area (Å²) in [6, 6.07) is 15.6. The highest BCUT2D eigenvalue weighted by Gasteiger charge is 2.29. The third kappa shape index (κ3) is 7.47. The molecular formula is C29H39N3O5. The van der Waals surface area contributed by atoms with Crippen molar-refractivity contribution < 1.29 is 23.9 Å². The topological polar surface area (TPSA) is 97.0 Å². The second-order valence-electron chi connectivity index (χ2n) is 10.1. The van der Waals surface area contributed by atoms with Gasteiger partial charge in [-0.15, -0.1) is 0 Å². The zero-order chi connectivity index (χ0) is 27.0. The number of hydrogen-bond donors (Lipinski definition) is 2. The lowest BCUT2D eigenvalue weighted by molar-refractivity contribution is -0.133. The lowest BCUT2D eigenvalue weighted by Crippen LogP contribution is -2.49. The number of amides is 3. The van der Waals surface area contributed by atoms with E-state index in [-0.39, 0.29) is 18.4 Å². The van der Waals surface area contributed by atoms with Gasteiger partial charge in [0.25, 0.3) is 0 Å². The first-order chi connectivity index (χ1) is 17.6. The number of carbonyl (C=O) groups is 3. The van der Waals surface area contributed by atoms with Crippen molar-refractivity contribution in [2.45, 2.75) is 65.0 Å². The second kappa shape index (κ2) is 12.6. The Kier molecular flexibility index (Phi) is 9.55. The zero-order valence-corrected chi connectivity index (χ0v) is 22.5. The summed E-state index contributed by atoms with van der Waals surface area (Å²) >= 11 is 0. The largest absolute Gasteiger partial charge is 0.449 e. The molecule has 0 aliphatic heterocycles. The molecule has 1 aliphatic rings. The van der Waals surface area contributed by atoms with E-state index in [4.69, 9.17) is 9.47 Å². The van der Waals surface area contributed by atoms with Gasteiger partial charge in [-0.2, -0.15) is 0 Å². The van der Waals surface area contributed by atoms with Gasteiger partial charge in [-0.1, -0.05) is 48.5 Å². The monoisotopic (exact) mass is 509 g/mol. The SMILES string of the molecule is CCN(CC)C(=O)C(CCCNC(=O)OCC1c2ccccc2-c2ccccc21)NC(=O)OC(C)(C)C. The molecule has 8 heteroatoms. The number of benzene rings is 2. The molecule has 0 heterocycles. The van der Waals surface area contributed by atoms with Crippen LogP contribution in [0.3, 0.4) is 0 Å². The average molecular weight is 510 g/mol. The van der Waals surface area contributed by atoms with Crippen molar-refractivity contribution in [3.05, 3.63) is 59.7 Å². The molecule has 1 unspecified atom stereocenters. The summed E-state index contributed by atoms with van der Waals surface area (Å²) in [5.41, 5.74) is 3.99. The lowest BCUT2D eigenvalue weighted by atomic mass is 9.98. The van der Waals surface area contributed by atoms with Crippen LogP contribution in [0.1, 0.15) is 64.5 Å². The molecule has 2 aromatic rings. The fourth-order valence-corrected chi connectivity index (χ4v) is 4.61. The van der Waals surface area contributed by atoms with Crippen LogP contribution in [0.5, 0.6) is 0 Å². The molecule has 3 rings (SSSR count). The van der Waals surface area contributed by atoms with Crippen LogP contribution in [0.25, 0.3) is 11.1 Å². The van der Waals surface area contributed by atoms with Crippen LogP contribution in [0, 0.1) is 0 Å². The van der Waals surface area contributed by atoms with Crippen molar-refractivity contribution in [1.82, 2.24) is 15.5 Å². The molecule has 0 spiro atoms. The van der Waals surface area contributed by atoms with Gasteiger partial charge in [-0.25, -0.2) is 9.59 Å². The van der Waals surface area contributed by atoms with E-state index in [1.165, 1.54) is 11.1 Å². The maximum Gasteiger partial charge on any atom is 0.408 e. The Bertz CT molecular complexity index is 1050. The van der Waals surface area contributed by atoms with E-state index in [0.717, 1.165) is 11.1 Å². The number of rotatable bonds is 10. The number of alkyl carbamates (subject to hydrolysis) is 2. The van der Waals surface area contributed by atoms with Crippen LogP contribution in [0.2, 0.25) is 0 Å². The molecule has 200 valence electrons. The minimum atomic E-state index is -0.737. The van der Waals surface area contributed by atoms with Gasteiger partial charge in [-0.3, -0.25) is 4.79 Å². The minimum Gasteiger partial charge on any atom is -0.449 e. The van der Waals surface area contributed by atoms with Crippen LogP contribution in [-0.4, -0.2) is 60.9 Å². The first-order valence-electron chi connectivity index (χ1n) is 13.0. The van der Waals surface area contributed by atoms with Crippen molar-refractivity contribution in [2.24, 2.45) is 0 Å².